The van der Waals surface area contributed by atoms with Crippen LogP contribution in [0.3, 0.4) is 0 Å². The molecule has 3 rings (SSSR count). The van der Waals surface area contributed by atoms with E-state index in [0.29, 0.717) is 32.1 Å². The molecule has 2 heterocycles. The number of carbonyl (C=O) groups excluding carboxylic acids is 1. The van der Waals surface area contributed by atoms with Crippen LogP contribution in [0.1, 0.15) is 24.8 Å². The zero-order valence-corrected chi connectivity index (χ0v) is 12.9. The first-order valence-corrected chi connectivity index (χ1v) is 8.17. The van der Waals surface area contributed by atoms with Gasteiger partial charge in [0.2, 0.25) is 5.91 Å². The standard InChI is InChI=1S/C17H24N2O3/c20-17(12-14-3-6-18-7-4-14)19-8-5-13-1-2-15-16(11-13)22-10-9-21-15/h1-2,11,14,18H,3-10,12H2,(H,19,20). The molecule has 120 valence electrons. The molecule has 2 aliphatic rings. The third-order valence-electron chi connectivity index (χ3n) is 4.28. The summed E-state index contributed by atoms with van der Waals surface area (Å²) >= 11 is 0. The number of nitrogens with one attached hydrogen (secondary N) is 2. The highest BCUT2D eigenvalue weighted by Crippen LogP contribution is 2.30. The van der Waals surface area contributed by atoms with Gasteiger partial charge in [-0.05, 0) is 56.0 Å². The van der Waals surface area contributed by atoms with Gasteiger partial charge in [-0.25, -0.2) is 0 Å². The van der Waals surface area contributed by atoms with E-state index >= 15 is 0 Å². The second-order valence-corrected chi connectivity index (χ2v) is 5.98. The molecule has 1 saturated heterocycles. The molecule has 0 radical (unpaired) electrons. The third kappa shape index (κ3) is 4.13. The van der Waals surface area contributed by atoms with Crippen molar-refractivity contribution in [3.05, 3.63) is 23.8 Å². The van der Waals surface area contributed by atoms with E-state index in [-0.39, 0.29) is 5.91 Å². The summed E-state index contributed by atoms with van der Waals surface area (Å²) in [7, 11) is 0. The minimum atomic E-state index is 0.171. The number of fused-ring (bicyclic) bond motifs is 1. The van der Waals surface area contributed by atoms with Crippen LogP contribution in [0.15, 0.2) is 18.2 Å². The first-order chi connectivity index (χ1) is 10.8. The Morgan fingerprint density at radius 3 is 2.77 bits per heavy atom. The van der Waals surface area contributed by atoms with Gasteiger partial charge in [0.1, 0.15) is 13.2 Å². The predicted octanol–water partition coefficient (Wildman–Crippen LogP) is 1.51. The molecule has 22 heavy (non-hydrogen) atoms. The van der Waals surface area contributed by atoms with Crippen molar-refractivity contribution in [3.63, 3.8) is 0 Å². The maximum atomic E-state index is 12.0. The summed E-state index contributed by atoms with van der Waals surface area (Å²) in [5.41, 5.74) is 1.16. The first kappa shape index (κ1) is 15.2. The van der Waals surface area contributed by atoms with E-state index in [4.69, 9.17) is 9.47 Å². The van der Waals surface area contributed by atoms with Crippen molar-refractivity contribution in [1.82, 2.24) is 10.6 Å². The lowest BCUT2D eigenvalue weighted by Crippen LogP contribution is -2.33. The molecule has 1 fully saturated rings. The van der Waals surface area contributed by atoms with E-state index in [1.807, 2.05) is 18.2 Å². The molecule has 2 aliphatic heterocycles. The van der Waals surface area contributed by atoms with E-state index in [2.05, 4.69) is 10.6 Å². The Bertz CT molecular complexity index is 513. The summed E-state index contributed by atoms with van der Waals surface area (Å²) in [6.07, 6.45) is 3.68. The van der Waals surface area contributed by atoms with Gasteiger partial charge in [0.15, 0.2) is 11.5 Å². The van der Waals surface area contributed by atoms with Crippen molar-refractivity contribution in [1.29, 1.82) is 0 Å². The Morgan fingerprint density at radius 1 is 1.18 bits per heavy atom. The van der Waals surface area contributed by atoms with Gasteiger partial charge in [-0.15, -0.1) is 0 Å². The van der Waals surface area contributed by atoms with Gasteiger partial charge < -0.3 is 20.1 Å². The minimum absolute atomic E-state index is 0.171. The van der Waals surface area contributed by atoms with E-state index in [0.717, 1.165) is 49.4 Å². The number of carbonyl (C=O) groups is 1. The molecule has 0 bridgehead atoms. The largest absolute Gasteiger partial charge is 0.486 e. The molecule has 0 aliphatic carbocycles. The van der Waals surface area contributed by atoms with Crippen molar-refractivity contribution in [2.45, 2.75) is 25.7 Å². The van der Waals surface area contributed by atoms with Crippen LogP contribution in [0, 0.1) is 5.92 Å². The summed E-state index contributed by atoms with van der Waals surface area (Å²) in [4.78, 5) is 12.0. The van der Waals surface area contributed by atoms with E-state index < -0.39 is 0 Å². The molecular formula is C17H24N2O3. The number of rotatable bonds is 5. The van der Waals surface area contributed by atoms with Crippen LogP contribution in [0.25, 0.3) is 0 Å². The van der Waals surface area contributed by atoms with Crippen molar-refractivity contribution in [3.8, 4) is 11.5 Å². The molecule has 1 aromatic carbocycles. The lowest BCUT2D eigenvalue weighted by atomic mass is 9.94. The Kier molecular flexibility index (Phi) is 5.16. The number of benzene rings is 1. The summed E-state index contributed by atoms with van der Waals surface area (Å²) in [5, 5.41) is 6.35. The van der Waals surface area contributed by atoms with Crippen LogP contribution >= 0.6 is 0 Å². The first-order valence-electron chi connectivity index (χ1n) is 8.17. The van der Waals surface area contributed by atoms with Crippen molar-refractivity contribution in [2.24, 2.45) is 5.92 Å². The lowest BCUT2D eigenvalue weighted by molar-refractivity contribution is -0.122. The van der Waals surface area contributed by atoms with Gasteiger partial charge >= 0.3 is 0 Å². The maximum Gasteiger partial charge on any atom is 0.220 e. The molecule has 0 unspecified atom stereocenters. The monoisotopic (exact) mass is 304 g/mol. The Labute approximate surface area is 131 Å². The third-order valence-corrected chi connectivity index (χ3v) is 4.28. The molecule has 5 heteroatoms. The Balaban J connectivity index is 1.41. The second-order valence-electron chi connectivity index (χ2n) is 5.98. The quantitative estimate of drug-likeness (QED) is 0.865. The smallest absolute Gasteiger partial charge is 0.220 e. The Morgan fingerprint density at radius 2 is 1.95 bits per heavy atom. The van der Waals surface area contributed by atoms with E-state index in [1.54, 1.807) is 0 Å². The molecule has 1 amide bonds. The van der Waals surface area contributed by atoms with E-state index in [9.17, 15) is 4.79 Å². The van der Waals surface area contributed by atoms with Crippen LogP contribution in [-0.2, 0) is 11.2 Å². The van der Waals surface area contributed by atoms with Gasteiger partial charge in [-0.2, -0.15) is 0 Å². The van der Waals surface area contributed by atoms with Crippen LogP contribution in [0.5, 0.6) is 11.5 Å². The highest BCUT2D eigenvalue weighted by Gasteiger charge is 2.16. The summed E-state index contributed by atoms with van der Waals surface area (Å²) in [6, 6.07) is 5.99. The van der Waals surface area contributed by atoms with Crippen molar-refractivity contribution < 1.29 is 14.3 Å². The van der Waals surface area contributed by atoms with Crippen molar-refractivity contribution >= 4 is 5.91 Å². The fraction of sp³-hybridized carbons (Fsp3) is 0.588. The number of piperidine rings is 1. The normalized spacial score (nSPS) is 18.0. The van der Waals surface area contributed by atoms with Crippen LogP contribution in [-0.4, -0.2) is 38.8 Å². The fourth-order valence-electron chi connectivity index (χ4n) is 3.01. The summed E-state index contributed by atoms with van der Waals surface area (Å²) in [5.74, 6) is 2.33. The molecule has 1 aromatic rings. The molecule has 0 saturated carbocycles. The van der Waals surface area contributed by atoms with Crippen LogP contribution < -0.4 is 20.1 Å². The molecule has 2 N–H and O–H groups in total. The van der Waals surface area contributed by atoms with Crippen molar-refractivity contribution in [2.75, 3.05) is 32.8 Å². The van der Waals surface area contributed by atoms with Crippen LogP contribution in [0.2, 0.25) is 0 Å². The summed E-state index contributed by atoms with van der Waals surface area (Å²) in [6.45, 7) is 3.95. The second kappa shape index (κ2) is 7.49. The average Bonchev–Trinajstić information content (AvgIpc) is 2.55. The zero-order valence-electron chi connectivity index (χ0n) is 12.9. The molecule has 0 spiro atoms. The van der Waals surface area contributed by atoms with Gasteiger partial charge in [0.25, 0.3) is 0 Å². The fourth-order valence-corrected chi connectivity index (χ4v) is 3.01. The van der Waals surface area contributed by atoms with Gasteiger partial charge in [0, 0.05) is 13.0 Å². The molecule has 0 aromatic heterocycles. The maximum absolute atomic E-state index is 12.0. The number of hydrogen-bond acceptors (Lipinski definition) is 4. The topological polar surface area (TPSA) is 59.6 Å². The highest BCUT2D eigenvalue weighted by molar-refractivity contribution is 5.76. The van der Waals surface area contributed by atoms with Crippen LogP contribution in [0.4, 0.5) is 0 Å². The molecule has 5 nitrogen and oxygen atoms in total. The number of ether oxygens (including phenoxy) is 2. The van der Waals surface area contributed by atoms with E-state index in [1.165, 1.54) is 0 Å². The van der Waals surface area contributed by atoms with Gasteiger partial charge in [-0.1, -0.05) is 6.07 Å². The summed E-state index contributed by atoms with van der Waals surface area (Å²) < 4.78 is 11.1. The number of amides is 1. The lowest BCUT2D eigenvalue weighted by Gasteiger charge is -2.22. The zero-order chi connectivity index (χ0) is 15.2. The van der Waals surface area contributed by atoms with Gasteiger partial charge in [-0.3, -0.25) is 4.79 Å². The minimum Gasteiger partial charge on any atom is -0.486 e. The molecule has 0 atom stereocenters. The average molecular weight is 304 g/mol. The number of hydrogen-bond donors (Lipinski definition) is 2. The predicted molar refractivity (Wildman–Crippen MR) is 84.4 cm³/mol. The van der Waals surface area contributed by atoms with Gasteiger partial charge in [0.05, 0.1) is 0 Å². The Hall–Kier alpha value is -1.75. The highest BCUT2D eigenvalue weighted by atomic mass is 16.6. The molecular weight excluding hydrogens is 280 g/mol. The SMILES string of the molecule is O=C(CC1CCNCC1)NCCc1ccc2c(c1)OCCO2.